The number of rotatable bonds is 6. The summed E-state index contributed by atoms with van der Waals surface area (Å²) >= 11 is 10.4. The van der Waals surface area contributed by atoms with E-state index < -0.39 is 10.5 Å². The summed E-state index contributed by atoms with van der Waals surface area (Å²) in [7, 11) is 0. The summed E-state index contributed by atoms with van der Waals surface area (Å²) in [6.07, 6.45) is 0. The molecule has 0 unspecified atom stereocenters. The van der Waals surface area contributed by atoms with E-state index in [-0.39, 0.29) is 35.6 Å². The molecule has 0 spiro atoms. The minimum absolute atomic E-state index is 0.0787. The van der Waals surface area contributed by atoms with Gasteiger partial charge in [-0.2, -0.15) is 0 Å². The number of amides is 2. The number of benzene rings is 5. The summed E-state index contributed by atoms with van der Waals surface area (Å²) in [6, 6.07) is 40.4. The zero-order chi connectivity index (χ0) is 35.3. The quantitative estimate of drug-likeness (QED) is 0.122. The number of halogens is 2. The first-order valence-corrected chi connectivity index (χ1v) is 14.7. The smallest absolute Gasteiger partial charge is 0.255 e. The fraction of sp³-hybridized carbons (Fsp3) is 0.0541. The van der Waals surface area contributed by atoms with E-state index in [4.69, 9.17) is 30.3 Å². The average Bonchev–Trinajstić information content (AvgIpc) is 3.10. The second-order valence-corrected chi connectivity index (χ2v) is 10.1. The van der Waals surface area contributed by atoms with Crippen LogP contribution in [0.2, 0.25) is 0 Å². The minimum atomic E-state index is -0.602. The molecule has 0 saturated carbocycles. The molecule has 47 heavy (non-hydrogen) atoms. The van der Waals surface area contributed by atoms with Crippen LogP contribution in [-0.4, -0.2) is 28.1 Å². The number of hydrogen-bond donors (Lipinski definition) is 3. The lowest BCUT2D eigenvalue weighted by atomic mass is 10.1. The van der Waals surface area contributed by atoms with Crippen LogP contribution in [0, 0.1) is 0 Å². The van der Waals surface area contributed by atoms with Gasteiger partial charge in [-0.15, -0.1) is 0 Å². The highest BCUT2D eigenvalue weighted by Gasteiger charge is 2.11. The third kappa shape index (κ3) is 15.3. The molecule has 0 bridgehead atoms. The van der Waals surface area contributed by atoms with Crippen molar-refractivity contribution in [3.05, 3.63) is 162 Å². The number of carbonyl (C=O) groups excluding carboxylic acids is 5. The number of Topliss-reactive ketones (excluding diaryl/α,β-unsaturated/α-hetero) is 1. The van der Waals surface area contributed by atoms with Gasteiger partial charge >= 0.3 is 0 Å². The Morgan fingerprint density at radius 2 is 0.851 bits per heavy atom. The highest BCUT2D eigenvalue weighted by Crippen LogP contribution is 2.13. The lowest BCUT2D eigenvalue weighted by Crippen LogP contribution is -2.15. The molecule has 0 atom stereocenters. The maximum atomic E-state index is 12.3. The lowest BCUT2D eigenvalue weighted by molar-refractivity contribution is -0.115. The number of anilines is 3. The van der Waals surface area contributed by atoms with Gasteiger partial charge < -0.3 is 21.2 Å². The molecule has 5 aromatic rings. The van der Waals surface area contributed by atoms with E-state index in [2.05, 4.69) is 10.6 Å². The summed E-state index contributed by atoms with van der Waals surface area (Å²) in [6.45, 7) is 1.31. The highest BCUT2D eigenvalue weighted by atomic mass is 35.5. The predicted octanol–water partition coefficient (Wildman–Crippen LogP) is 8.50. The molecule has 0 aromatic heterocycles. The van der Waals surface area contributed by atoms with Crippen LogP contribution in [0.25, 0.3) is 0 Å². The normalized spacial score (nSPS) is 9.64. The van der Waals surface area contributed by atoms with E-state index >= 15 is 0 Å². The van der Waals surface area contributed by atoms with E-state index in [1.807, 2.05) is 91.0 Å². The van der Waals surface area contributed by atoms with E-state index in [9.17, 15) is 24.0 Å². The highest BCUT2D eigenvalue weighted by molar-refractivity contribution is 6.69. The molecule has 0 aliphatic carbocycles. The Bertz CT molecular complexity index is 1690. The fourth-order valence-electron chi connectivity index (χ4n) is 3.47. The maximum absolute atomic E-state index is 12.3. The van der Waals surface area contributed by atoms with Gasteiger partial charge in [0.05, 0.1) is 0 Å². The van der Waals surface area contributed by atoms with Crippen molar-refractivity contribution in [2.24, 2.45) is 0 Å². The van der Waals surface area contributed by atoms with Crippen LogP contribution >= 0.6 is 23.2 Å². The van der Waals surface area contributed by atoms with E-state index in [1.54, 1.807) is 30.3 Å². The molecule has 8 nitrogen and oxygen atoms in total. The van der Waals surface area contributed by atoms with Crippen molar-refractivity contribution in [1.82, 2.24) is 0 Å². The topological polar surface area (TPSA) is 135 Å². The number of para-hydroxylation sites is 3. The summed E-state index contributed by atoms with van der Waals surface area (Å²) in [5.41, 5.74) is 8.99. The number of ketones is 1. The molecular formula is C37H33Cl2N3O5. The van der Waals surface area contributed by atoms with Crippen molar-refractivity contribution in [3.63, 3.8) is 0 Å². The van der Waals surface area contributed by atoms with Crippen LogP contribution in [0.5, 0.6) is 0 Å². The second-order valence-electron chi connectivity index (χ2n) is 9.46. The fourth-order valence-corrected chi connectivity index (χ4v) is 3.70. The summed E-state index contributed by atoms with van der Waals surface area (Å²) < 4.78 is 6.31. The second kappa shape index (κ2) is 20.5. The van der Waals surface area contributed by atoms with Crippen LogP contribution in [0.3, 0.4) is 0 Å². The van der Waals surface area contributed by atoms with Crippen LogP contribution in [0.15, 0.2) is 140 Å². The van der Waals surface area contributed by atoms with Gasteiger partial charge in [0.25, 0.3) is 22.3 Å². The lowest BCUT2D eigenvalue weighted by Gasteiger charge is -2.08. The molecule has 240 valence electrons. The average molecular weight is 672 g/mol. The van der Waals surface area contributed by atoms with Crippen molar-refractivity contribution in [2.75, 3.05) is 16.4 Å². The molecule has 0 heterocycles. The largest absolute Gasteiger partial charge is 0.399 e. The SMILES string of the molecule is Nc1ccccc1.O=C(Cl)c1cccc(C(=O)Cl)c1.O=C(Nc1ccccc1)c1cccc(C(=O)Nc2ccccc2)c1.[2H]CC(C)=O. The number of hydrogen-bond acceptors (Lipinski definition) is 6. The molecule has 10 heteroatoms. The Morgan fingerprint density at radius 3 is 1.15 bits per heavy atom. The Kier molecular flexibility index (Phi) is 15.6. The van der Waals surface area contributed by atoms with Crippen LogP contribution in [0.4, 0.5) is 17.1 Å². The number of nitrogens with two attached hydrogens (primary N) is 1. The van der Waals surface area contributed by atoms with Gasteiger partial charge in [0.2, 0.25) is 0 Å². The Hall–Kier alpha value is -5.57. The van der Waals surface area contributed by atoms with Crippen molar-refractivity contribution < 1.29 is 25.3 Å². The number of nitrogen functional groups attached to an aromatic ring is 1. The van der Waals surface area contributed by atoms with Gasteiger partial charge in [-0.05, 0) is 97.7 Å². The van der Waals surface area contributed by atoms with Crippen LogP contribution < -0.4 is 16.4 Å². The first kappa shape index (κ1) is 35.9. The molecule has 5 rings (SSSR count). The van der Waals surface area contributed by atoms with Gasteiger partial charge in [-0.3, -0.25) is 19.2 Å². The van der Waals surface area contributed by atoms with E-state index in [1.165, 1.54) is 25.1 Å². The van der Waals surface area contributed by atoms with Gasteiger partial charge in [0, 0.05) is 40.7 Å². The zero-order valence-electron chi connectivity index (χ0n) is 26.4. The molecule has 2 amide bonds. The molecule has 4 N–H and O–H groups in total. The Labute approximate surface area is 284 Å². The number of carbonyl (C=O) groups is 5. The first-order valence-electron chi connectivity index (χ1n) is 14.6. The van der Waals surface area contributed by atoms with Crippen molar-refractivity contribution in [1.29, 1.82) is 0 Å². The molecule has 0 aliphatic rings. The zero-order valence-corrected chi connectivity index (χ0v) is 26.9. The Balaban J connectivity index is 0.000000274. The van der Waals surface area contributed by atoms with Crippen molar-refractivity contribution in [3.8, 4) is 0 Å². The summed E-state index contributed by atoms with van der Waals surface area (Å²) in [4.78, 5) is 55.5. The van der Waals surface area contributed by atoms with Crippen LogP contribution in [-0.2, 0) is 4.79 Å². The van der Waals surface area contributed by atoms with Crippen molar-refractivity contribution in [2.45, 2.75) is 13.8 Å². The molecule has 0 saturated heterocycles. The van der Waals surface area contributed by atoms with Crippen molar-refractivity contribution >= 4 is 68.3 Å². The van der Waals surface area contributed by atoms with Crippen LogP contribution in [0.1, 0.15) is 56.6 Å². The number of nitrogens with one attached hydrogen (secondary N) is 2. The van der Waals surface area contributed by atoms with Gasteiger partial charge in [-0.25, -0.2) is 0 Å². The summed E-state index contributed by atoms with van der Waals surface area (Å²) in [5.74, 6) is -0.587. The minimum Gasteiger partial charge on any atom is -0.399 e. The molecule has 0 fully saturated rings. The molecule has 5 aromatic carbocycles. The molecule has 0 radical (unpaired) electrons. The third-order valence-corrected chi connectivity index (χ3v) is 6.00. The molecular weight excluding hydrogens is 637 g/mol. The Morgan fingerprint density at radius 1 is 0.532 bits per heavy atom. The molecule has 0 aliphatic heterocycles. The standard InChI is InChI=1S/C20H16N2O2.C8H4Cl2O2.C6H7N.C3H6O/c23-19(21-17-10-3-1-4-11-17)15-8-7-9-16(14-15)20(24)22-18-12-5-2-6-13-18;9-7(11)5-2-1-3-6(4-5)8(10)12;7-6-4-2-1-3-5-6;1-3(2)4/h1-14H,(H,21,23)(H,22,24);1-4H;1-5H,7H2;1-2H3/i;;;1D. The first-order chi connectivity index (χ1) is 23.0. The van der Waals surface area contributed by atoms with E-state index in [0.29, 0.717) is 22.5 Å². The predicted molar refractivity (Wildman–Crippen MR) is 189 cm³/mol. The van der Waals surface area contributed by atoms with E-state index in [0.717, 1.165) is 5.69 Å². The van der Waals surface area contributed by atoms with Gasteiger partial charge in [0.1, 0.15) is 5.78 Å². The van der Waals surface area contributed by atoms with Gasteiger partial charge in [-0.1, -0.05) is 78.9 Å². The summed E-state index contributed by atoms with van der Waals surface area (Å²) in [5, 5.41) is 4.40. The maximum Gasteiger partial charge on any atom is 0.255 e. The van der Waals surface area contributed by atoms with Gasteiger partial charge in [0.15, 0.2) is 0 Å². The third-order valence-electron chi connectivity index (χ3n) is 5.57. The monoisotopic (exact) mass is 670 g/mol.